The molecule has 12 nitrogen and oxygen atoms in total. The number of ether oxygens (including phenoxy) is 5. The summed E-state index contributed by atoms with van der Waals surface area (Å²) in [5.74, 6) is -3.25. The van der Waals surface area contributed by atoms with Gasteiger partial charge in [-0.25, -0.2) is 4.79 Å². The molecule has 0 aliphatic carbocycles. The van der Waals surface area contributed by atoms with Crippen LogP contribution in [0.4, 0.5) is 0 Å². The van der Waals surface area contributed by atoms with E-state index in [1.807, 2.05) is 0 Å². The molecule has 3 N–H and O–H groups in total. The van der Waals surface area contributed by atoms with Gasteiger partial charge in [0, 0.05) is 19.3 Å². The molecule has 73 heavy (non-hydrogen) atoms. The van der Waals surface area contributed by atoms with Crippen LogP contribution in [0.1, 0.15) is 201 Å². The zero-order valence-corrected chi connectivity index (χ0v) is 45.1. The van der Waals surface area contributed by atoms with Crippen molar-refractivity contribution in [3.05, 3.63) is 109 Å². The van der Waals surface area contributed by atoms with Gasteiger partial charge >= 0.3 is 23.9 Å². The van der Waals surface area contributed by atoms with Crippen molar-refractivity contribution < 1.29 is 58.2 Å². The van der Waals surface area contributed by atoms with Gasteiger partial charge in [0.15, 0.2) is 24.6 Å². The molecule has 12 heteroatoms. The second-order valence-electron chi connectivity index (χ2n) is 18.4. The van der Waals surface area contributed by atoms with Crippen molar-refractivity contribution in [3.8, 4) is 0 Å². The minimum atomic E-state index is -1.93. The molecule has 6 unspecified atom stereocenters. The lowest BCUT2D eigenvalue weighted by Crippen LogP contribution is -2.61. The number of unbranched alkanes of at least 4 members (excludes halogenated alkanes) is 13. The summed E-state index contributed by atoms with van der Waals surface area (Å²) < 4.78 is 28.3. The maximum atomic E-state index is 13.1. The van der Waals surface area contributed by atoms with Crippen molar-refractivity contribution >= 4 is 23.9 Å². The van der Waals surface area contributed by atoms with Crippen LogP contribution in [0.3, 0.4) is 0 Å². The molecule has 1 fully saturated rings. The van der Waals surface area contributed by atoms with Gasteiger partial charge in [-0.1, -0.05) is 169 Å². The van der Waals surface area contributed by atoms with Crippen molar-refractivity contribution in [1.82, 2.24) is 0 Å². The molecule has 412 valence electrons. The van der Waals surface area contributed by atoms with Crippen molar-refractivity contribution in [2.24, 2.45) is 0 Å². The molecule has 1 saturated heterocycles. The highest BCUT2D eigenvalue weighted by Crippen LogP contribution is 2.26. The normalized spacial score (nSPS) is 19.2. The number of esters is 3. The average molecular weight is 1020 g/mol. The Bertz CT molecular complexity index is 1690. The first-order valence-corrected chi connectivity index (χ1v) is 27.9. The number of hydrogen-bond acceptors (Lipinski definition) is 11. The molecule has 0 aromatic carbocycles. The fourth-order valence-electron chi connectivity index (χ4n) is 7.58. The van der Waals surface area contributed by atoms with Gasteiger partial charge in [0.1, 0.15) is 18.8 Å². The third-order valence-corrected chi connectivity index (χ3v) is 11.8. The van der Waals surface area contributed by atoms with E-state index >= 15 is 0 Å². The monoisotopic (exact) mass is 1020 g/mol. The van der Waals surface area contributed by atoms with Gasteiger partial charge in [-0.3, -0.25) is 14.4 Å². The van der Waals surface area contributed by atoms with E-state index in [9.17, 15) is 34.5 Å². The number of carbonyl (C=O) groups excluding carboxylic acids is 3. The molecule has 1 aliphatic heterocycles. The summed E-state index contributed by atoms with van der Waals surface area (Å²) in [7, 11) is 0. The van der Waals surface area contributed by atoms with Crippen LogP contribution in [-0.2, 0) is 42.9 Å². The number of aliphatic hydroxyl groups excluding tert-OH is 2. The SMILES string of the molecule is CC/C=C\C/C=C\C/C=C\C/C=C\CCCCC(=O)OC1C(OCC(COC(=O)CCCCCCC/C=C\C/C=C\CCCCC)OC(=O)CCCCC/C=C\C/C=C\C/C=C\CC)OC(C(=O)O)C(O)C1O. The minimum absolute atomic E-state index is 0.00234. The van der Waals surface area contributed by atoms with E-state index in [2.05, 4.69) is 130 Å². The van der Waals surface area contributed by atoms with Crippen molar-refractivity contribution in [1.29, 1.82) is 0 Å². The number of hydrogen-bond donors (Lipinski definition) is 3. The fraction of sp³-hybridized carbons (Fsp3) is 0.639. The van der Waals surface area contributed by atoms with Crippen LogP contribution in [0.15, 0.2) is 109 Å². The van der Waals surface area contributed by atoms with Gasteiger partial charge in [0.05, 0.1) is 6.61 Å². The highest BCUT2D eigenvalue weighted by Gasteiger charge is 2.50. The molecule has 0 aromatic rings. The quantitative estimate of drug-likeness (QED) is 0.0228. The number of aliphatic carboxylic acids is 1. The number of carboxylic acids is 1. The third kappa shape index (κ3) is 38.6. The maximum absolute atomic E-state index is 13.1. The smallest absolute Gasteiger partial charge is 0.335 e. The van der Waals surface area contributed by atoms with E-state index in [0.717, 1.165) is 116 Å². The van der Waals surface area contributed by atoms with Crippen LogP contribution in [0.25, 0.3) is 0 Å². The highest BCUT2D eigenvalue weighted by molar-refractivity contribution is 5.74. The molecule has 0 spiro atoms. The Labute approximate surface area is 440 Å². The van der Waals surface area contributed by atoms with Crippen LogP contribution >= 0.6 is 0 Å². The van der Waals surface area contributed by atoms with Gasteiger partial charge in [-0.15, -0.1) is 0 Å². The summed E-state index contributed by atoms with van der Waals surface area (Å²) in [6.45, 7) is 5.65. The number of carboxylic acid groups (broad SMARTS) is 1. The van der Waals surface area contributed by atoms with Gasteiger partial charge < -0.3 is 39.0 Å². The maximum Gasteiger partial charge on any atom is 0.335 e. The van der Waals surface area contributed by atoms with Gasteiger partial charge in [0.2, 0.25) is 0 Å². The van der Waals surface area contributed by atoms with E-state index in [0.29, 0.717) is 25.7 Å². The first kappa shape index (κ1) is 66.4. The lowest BCUT2D eigenvalue weighted by Gasteiger charge is -2.40. The van der Waals surface area contributed by atoms with E-state index in [1.54, 1.807) is 0 Å². The van der Waals surface area contributed by atoms with Gasteiger partial charge in [-0.05, 0) is 122 Å². The lowest BCUT2D eigenvalue weighted by molar-refractivity contribution is -0.301. The fourth-order valence-corrected chi connectivity index (χ4v) is 7.58. The Morgan fingerprint density at radius 1 is 0.466 bits per heavy atom. The predicted molar refractivity (Wildman–Crippen MR) is 294 cm³/mol. The number of carbonyl (C=O) groups is 4. The second kappa shape index (κ2) is 48.3. The molecule has 0 saturated carbocycles. The van der Waals surface area contributed by atoms with E-state index in [4.69, 9.17) is 23.7 Å². The molecular weight excluding hydrogens is 925 g/mol. The lowest BCUT2D eigenvalue weighted by atomic mass is 9.98. The van der Waals surface area contributed by atoms with Crippen molar-refractivity contribution in [3.63, 3.8) is 0 Å². The van der Waals surface area contributed by atoms with Gasteiger partial charge in [-0.2, -0.15) is 0 Å². The van der Waals surface area contributed by atoms with Crippen molar-refractivity contribution in [2.45, 2.75) is 237 Å². The van der Waals surface area contributed by atoms with Crippen LogP contribution in [0.5, 0.6) is 0 Å². The van der Waals surface area contributed by atoms with E-state index < -0.39 is 67.3 Å². The third-order valence-electron chi connectivity index (χ3n) is 11.8. The topological polar surface area (TPSA) is 175 Å². The largest absolute Gasteiger partial charge is 0.479 e. The first-order chi connectivity index (χ1) is 35.6. The van der Waals surface area contributed by atoms with Crippen LogP contribution in [-0.4, -0.2) is 89.2 Å². The molecule has 1 heterocycles. The summed E-state index contributed by atoms with van der Waals surface area (Å²) >= 11 is 0. The summed E-state index contributed by atoms with van der Waals surface area (Å²) in [6, 6.07) is 0. The molecular formula is C61H96O12. The molecule has 0 bridgehead atoms. The Morgan fingerprint density at radius 3 is 1.36 bits per heavy atom. The van der Waals surface area contributed by atoms with Crippen LogP contribution in [0, 0.1) is 0 Å². The number of allylic oxidation sites excluding steroid dienone is 18. The molecule has 6 atom stereocenters. The molecule has 0 radical (unpaired) electrons. The van der Waals surface area contributed by atoms with E-state index in [1.165, 1.54) is 19.3 Å². The minimum Gasteiger partial charge on any atom is -0.479 e. The van der Waals surface area contributed by atoms with Crippen LogP contribution in [0.2, 0.25) is 0 Å². The second-order valence-corrected chi connectivity index (χ2v) is 18.4. The summed E-state index contributed by atoms with van der Waals surface area (Å²) in [4.78, 5) is 51.0. The molecule has 1 aliphatic rings. The first-order valence-electron chi connectivity index (χ1n) is 27.9. The zero-order chi connectivity index (χ0) is 53.3. The average Bonchev–Trinajstić information content (AvgIpc) is 3.37. The Balaban J connectivity index is 2.77. The Morgan fingerprint density at radius 2 is 0.863 bits per heavy atom. The molecule has 0 amide bonds. The summed E-state index contributed by atoms with van der Waals surface area (Å²) in [5.41, 5.74) is 0. The predicted octanol–water partition coefficient (Wildman–Crippen LogP) is 13.9. The van der Waals surface area contributed by atoms with Gasteiger partial charge in [0.25, 0.3) is 0 Å². The van der Waals surface area contributed by atoms with Crippen molar-refractivity contribution in [2.75, 3.05) is 13.2 Å². The Kier molecular flexibility index (Phi) is 44.0. The standard InChI is InChI=1S/C61H96O12/c1-4-7-10-13-16-19-22-25-27-30-32-35-38-41-44-47-53(62)69-50-52(71-54(63)48-45-42-39-36-33-29-24-21-18-15-12-9-6-3)51-70-61-59(57(66)56(65)58(73-61)60(67)68)72-55(64)49-46-43-40-37-34-31-28-26-23-20-17-14-11-8-5-2/h8-9,11-12,16-21,25-29,33-34,37,52,56-59,61,65-66H,4-7,10,13-15,22-24,30-32,35-36,38-51H2,1-3H3,(H,67,68)/b11-8-,12-9-,19-16-,20-17-,21-18-,27-25-,28-26-,33-29-,37-34-. The van der Waals surface area contributed by atoms with Crippen LogP contribution < -0.4 is 0 Å². The Hall–Kier alpha value is -4.62. The molecule has 1 rings (SSSR count). The number of rotatable bonds is 45. The highest BCUT2D eigenvalue weighted by atomic mass is 16.7. The summed E-state index contributed by atoms with van der Waals surface area (Å²) in [6.07, 6.45) is 52.1. The molecule has 0 aromatic heterocycles. The summed E-state index contributed by atoms with van der Waals surface area (Å²) in [5, 5.41) is 31.4. The van der Waals surface area contributed by atoms with E-state index in [-0.39, 0.29) is 25.9 Å². The zero-order valence-electron chi connectivity index (χ0n) is 45.1. The number of aliphatic hydroxyl groups is 2.